The first-order valence-electron chi connectivity index (χ1n) is 8.35. The van der Waals surface area contributed by atoms with Crippen molar-refractivity contribution in [3.8, 4) is 5.75 Å². The zero-order chi connectivity index (χ0) is 18.5. The monoisotopic (exact) mass is 364 g/mol. The van der Waals surface area contributed by atoms with E-state index in [0.29, 0.717) is 6.54 Å². The Morgan fingerprint density at radius 2 is 1.92 bits per heavy atom. The van der Waals surface area contributed by atoms with E-state index in [-0.39, 0.29) is 23.0 Å². The molecule has 26 heavy (non-hydrogen) atoms. The van der Waals surface area contributed by atoms with Crippen LogP contribution in [0.5, 0.6) is 5.75 Å². The summed E-state index contributed by atoms with van der Waals surface area (Å²) in [5.74, 6) is -0.630. The number of rotatable bonds is 6. The fourth-order valence-corrected chi connectivity index (χ4v) is 3.07. The zero-order valence-electron chi connectivity index (χ0n) is 14.0. The number of benzene rings is 2. The number of para-hydroxylation sites is 1. The van der Waals surface area contributed by atoms with Crippen molar-refractivity contribution in [3.05, 3.63) is 59.9 Å². The molecule has 4 nitrogen and oxygen atoms in total. The molecule has 1 aliphatic heterocycles. The summed E-state index contributed by atoms with van der Waals surface area (Å²) >= 11 is 0. The van der Waals surface area contributed by atoms with Gasteiger partial charge >= 0.3 is 6.61 Å². The molecule has 1 amide bonds. The van der Waals surface area contributed by atoms with Crippen LogP contribution < -0.4 is 15.0 Å². The Hall–Kier alpha value is -2.70. The Morgan fingerprint density at radius 1 is 1.19 bits per heavy atom. The van der Waals surface area contributed by atoms with Gasteiger partial charge in [-0.05, 0) is 48.7 Å². The van der Waals surface area contributed by atoms with Gasteiger partial charge in [0.25, 0.3) is 5.91 Å². The van der Waals surface area contributed by atoms with E-state index in [0.717, 1.165) is 25.2 Å². The van der Waals surface area contributed by atoms with E-state index >= 15 is 0 Å². The number of hydrogen-bond acceptors (Lipinski definition) is 3. The van der Waals surface area contributed by atoms with E-state index in [1.165, 1.54) is 30.3 Å². The molecule has 0 aromatic heterocycles. The van der Waals surface area contributed by atoms with E-state index in [9.17, 15) is 18.0 Å². The third-order valence-corrected chi connectivity index (χ3v) is 4.38. The highest BCUT2D eigenvalue weighted by molar-refractivity contribution is 5.96. The van der Waals surface area contributed by atoms with Gasteiger partial charge < -0.3 is 15.0 Å². The molecule has 0 unspecified atom stereocenters. The standard InChI is InChI=1S/C19H19F3N2O2/c20-14-5-7-15(8-6-14)24-10-9-13(12-24)11-23-18(25)16-3-1-2-4-17(16)26-19(21)22/h1-8,13,19H,9-12H2,(H,23,25)/t13-/m0/s1. The van der Waals surface area contributed by atoms with Crippen molar-refractivity contribution in [1.82, 2.24) is 5.32 Å². The van der Waals surface area contributed by atoms with Gasteiger partial charge in [-0.1, -0.05) is 12.1 Å². The molecule has 1 fully saturated rings. The minimum Gasteiger partial charge on any atom is -0.434 e. The molecule has 2 aromatic rings. The van der Waals surface area contributed by atoms with Crippen molar-refractivity contribution in [2.75, 3.05) is 24.5 Å². The van der Waals surface area contributed by atoms with E-state index in [2.05, 4.69) is 15.0 Å². The maximum Gasteiger partial charge on any atom is 0.387 e. The lowest BCUT2D eigenvalue weighted by Crippen LogP contribution is -2.31. The average Bonchev–Trinajstić information content (AvgIpc) is 3.09. The van der Waals surface area contributed by atoms with Gasteiger partial charge in [-0.15, -0.1) is 0 Å². The summed E-state index contributed by atoms with van der Waals surface area (Å²) in [6, 6.07) is 12.2. The SMILES string of the molecule is O=C(NC[C@@H]1CCN(c2ccc(F)cc2)C1)c1ccccc1OC(F)F. The van der Waals surface area contributed by atoms with Gasteiger partial charge in [0.2, 0.25) is 0 Å². The molecule has 2 aromatic carbocycles. The van der Waals surface area contributed by atoms with Gasteiger partial charge in [0.15, 0.2) is 0 Å². The molecule has 7 heteroatoms. The lowest BCUT2D eigenvalue weighted by molar-refractivity contribution is -0.0501. The van der Waals surface area contributed by atoms with Crippen molar-refractivity contribution in [2.45, 2.75) is 13.0 Å². The fraction of sp³-hybridized carbons (Fsp3) is 0.316. The second-order valence-corrected chi connectivity index (χ2v) is 6.16. The number of anilines is 1. The van der Waals surface area contributed by atoms with Crippen LogP contribution in [0.2, 0.25) is 0 Å². The van der Waals surface area contributed by atoms with Crippen molar-refractivity contribution in [1.29, 1.82) is 0 Å². The molecule has 1 atom stereocenters. The smallest absolute Gasteiger partial charge is 0.387 e. The van der Waals surface area contributed by atoms with Gasteiger partial charge in [-0.25, -0.2) is 4.39 Å². The number of halogens is 3. The van der Waals surface area contributed by atoms with E-state index in [1.54, 1.807) is 18.2 Å². The van der Waals surface area contributed by atoms with E-state index in [4.69, 9.17) is 0 Å². The van der Waals surface area contributed by atoms with Crippen LogP contribution in [-0.4, -0.2) is 32.2 Å². The minimum absolute atomic E-state index is 0.0844. The number of carbonyl (C=O) groups is 1. The maximum absolute atomic E-state index is 13.0. The molecular weight excluding hydrogens is 345 g/mol. The summed E-state index contributed by atoms with van der Waals surface area (Å²) in [6.45, 7) is -0.999. The predicted molar refractivity (Wildman–Crippen MR) is 92.1 cm³/mol. The second kappa shape index (κ2) is 8.12. The highest BCUT2D eigenvalue weighted by Gasteiger charge is 2.24. The number of carbonyl (C=O) groups excluding carboxylic acids is 1. The number of hydrogen-bond donors (Lipinski definition) is 1. The lowest BCUT2D eigenvalue weighted by Gasteiger charge is -2.19. The molecule has 0 saturated carbocycles. The first-order valence-corrected chi connectivity index (χ1v) is 8.35. The molecular formula is C19H19F3N2O2. The van der Waals surface area contributed by atoms with E-state index < -0.39 is 12.5 Å². The molecule has 1 N–H and O–H groups in total. The Balaban J connectivity index is 1.55. The third kappa shape index (κ3) is 4.47. The molecule has 1 heterocycles. The number of ether oxygens (including phenoxy) is 1. The Labute approximate surface area is 149 Å². The zero-order valence-corrected chi connectivity index (χ0v) is 14.0. The van der Waals surface area contributed by atoms with Crippen molar-refractivity contribution < 1.29 is 22.7 Å². The van der Waals surface area contributed by atoms with Crippen LogP contribution in [0.1, 0.15) is 16.8 Å². The fourth-order valence-electron chi connectivity index (χ4n) is 3.07. The molecule has 138 valence electrons. The minimum atomic E-state index is -2.98. The molecule has 3 rings (SSSR count). The van der Waals surface area contributed by atoms with Crippen LogP contribution in [-0.2, 0) is 0 Å². The van der Waals surface area contributed by atoms with Gasteiger partial charge in [-0.3, -0.25) is 4.79 Å². The molecule has 0 radical (unpaired) electrons. The summed E-state index contributed by atoms with van der Waals surface area (Å²) in [7, 11) is 0. The van der Waals surface area contributed by atoms with Gasteiger partial charge in [0.1, 0.15) is 11.6 Å². The summed E-state index contributed by atoms with van der Waals surface area (Å²) in [6.07, 6.45) is 0.882. The summed E-state index contributed by atoms with van der Waals surface area (Å²) < 4.78 is 42.3. The molecule has 0 aliphatic carbocycles. The average molecular weight is 364 g/mol. The summed E-state index contributed by atoms with van der Waals surface area (Å²) in [4.78, 5) is 14.4. The Kier molecular flexibility index (Phi) is 5.65. The molecule has 1 aliphatic rings. The molecule has 0 spiro atoms. The number of nitrogens with one attached hydrogen (secondary N) is 1. The van der Waals surface area contributed by atoms with Gasteiger partial charge in [0.05, 0.1) is 5.56 Å². The summed E-state index contributed by atoms with van der Waals surface area (Å²) in [5, 5.41) is 2.79. The van der Waals surface area contributed by atoms with Crippen molar-refractivity contribution in [3.63, 3.8) is 0 Å². The topological polar surface area (TPSA) is 41.6 Å². The number of nitrogens with zero attached hydrogens (tertiary/aromatic N) is 1. The number of amides is 1. The van der Waals surface area contributed by atoms with Crippen molar-refractivity contribution in [2.24, 2.45) is 5.92 Å². The highest BCUT2D eigenvalue weighted by atomic mass is 19.3. The van der Waals surface area contributed by atoms with Crippen LogP contribution >= 0.6 is 0 Å². The third-order valence-electron chi connectivity index (χ3n) is 4.38. The Bertz CT molecular complexity index is 753. The van der Waals surface area contributed by atoms with Crippen LogP contribution in [0.4, 0.5) is 18.9 Å². The summed E-state index contributed by atoms with van der Waals surface area (Å²) in [5.41, 5.74) is 1.03. The Morgan fingerprint density at radius 3 is 2.65 bits per heavy atom. The molecule has 0 bridgehead atoms. The van der Waals surface area contributed by atoms with Gasteiger partial charge in [0, 0.05) is 25.3 Å². The predicted octanol–water partition coefficient (Wildman–Crippen LogP) is 3.68. The van der Waals surface area contributed by atoms with Crippen molar-refractivity contribution >= 4 is 11.6 Å². The number of alkyl halides is 2. The van der Waals surface area contributed by atoms with E-state index in [1.807, 2.05) is 0 Å². The highest BCUT2D eigenvalue weighted by Crippen LogP contribution is 2.24. The maximum atomic E-state index is 13.0. The molecule has 1 saturated heterocycles. The van der Waals surface area contributed by atoms with Crippen LogP contribution in [0.3, 0.4) is 0 Å². The normalized spacial score (nSPS) is 16.8. The van der Waals surface area contributed by atoms with Gasteiger partial charge in [-0.2, -0.15) is 8.78 Å². The quantitative estimate of drug-likeness (QED) is 0.850. The second-order valence-electron chi connectivity index (χ2n) is 6.16. The largest absolute Gasteiger partial charge is 0.434 e. The van der Waals surface area contributed by atoms with Crippen LogP contribution in [0.25, 0.3) is 0 Å². The first-order chi connectivity index (χ1) is 12.5. The van der Waals surface area contributed by atoms with Crippen LogP contribution in [0, 0.1) is 11.7 Å². The first kappa shape index (κ1) is 18.1. The van der Waals surface area contributed by atoms with Crippen LogP contribution in [0.15, 0.2) is 48.5 Å². The lowest BCUT2D eigenvalue weighted by atomic mass is 10.1.